The molecular formula is C11H20N4. The smallest absolute Gasteiger partial charge is 0.168 e. The largest absolute Gasteiger partial charge is 0.381 e. The first-order chi connectivity index (χ1) is 6.93. The van der Waals surface area contributed by atoms with Crippen LogP contribution >= 0.6 is 0 Å². The third-order valence-corrected chi connectivity index (χ3v) is 3.00. The Hall–Kier alpha value is -1.32. The number of hydrogen-bond acceptors (Lipinski definition) is 4. The minimum Gasteiger partial charge on any atom is -0.381 e. The topological polar surface area (TPSA) is 63.8 Å². The minimum absolute atomic E-state index is 0.212. The van der Waals surface area contributed by atoms with Crippen LogP contribution in [-0.4, -0.2) is 16.5 Å². The fourth-order valence-electron chi connectivity index (χ4n) is 1.00. The Labute approximate surface area is 91.3 Å². The van der Waals surface area contributed by atoms with Gasteiger partial charge >= 0.3 is 0 Å². The Bertz CT molecular complexity index is 320. The van der Waals surface area contributed by atoms with Crippen LogP contribution in [0.15, 0.2) is 12.4 Å². The summed E-state index contributed by atoms with van der Waals surface area (Å²) in [5, 5.41) is 3.24. The zero-order valence-electron chi connectivity index (χ0n) is 9.91. The van der Waals surface area contributed by atoms with Crippen molar-refractivity contribution in [2.24, 2.45) is 11.3 Å². The molecule has 0 radical (unpaired) electrons. The highest BCUT2D eigenvalue weighted by molar-refractivity contribution is 5.54. The van der Waals surface area contributed by atoms with Crippen LogP contribution in [0.4, 0.5) is 11.6 Å². The quantitative estimate of drug-likeness (QED) is 0.795. The number of nitrogens with zero attached hydrogens (tertiary/aromatic N) is 2. The molecule has 0 atom stereocenters. The molecule has 1 rings (SSSR count). The number of nitrogens with two attached hydrogens (primary N) is 1. The highest BCUT2D eigenvalue weighted by Crippen LogP contribution is 2.26. The summed E-state index contributed by atoms with van der Waals surface area (Å²) < 4.78 is 0. The molecule has 3 N–H and O–H groups in total. The maximum Gasteiger partial charge on any atom is 0.168 e. The zero-order chi connectivity index (χ0) is 11.5. The van der Waals surface area contributed by atoms with Crippen LogP contribution in [0.1, 0.15) is 27.7 Å². The Kier molecular flexibility index (Phi) is 3.50. The molecule has 0 aliphatic carbocycles. The molecule has 1 heterocycles. The summed E-state index contributed by atoms with van der Waals surface area (Å²) in [4.78, 5) is 8.12. The van der Waals surface area contributed by atoms with Crippen molar-refractivity contribution in [3.63, 3.8) is 0 Å². The van der Waals surface area contributed by atoms with Gasteiger partial charge in [0.25, 0.3) is 0 Å². The van der Waals surface area contributed by atoms with Crippen molar-refractivity contribution in [2.45, 2.75) is 27.7 Å². The fourth-order valence-corrected chi connectivity index (χ4v) is 1.00. The van der Waals surface area contributed by atoms with E-state index in [0.717, 1.165) is 6.54 Å². The molecule has 0 fully saturated rings. The van der Waals surface area contributed by atoms with Gasteiger partial charge in [-0.2, -0.15) is 0 Å². The van der Waals surface area contributed by atoms with Crippen molar-refractivity contribution in [2.75, 3.05) is 17.6 Å². The molecule has 0 aliphatic rings. The van der Waals surface area contributed by atoms with Crippen LogP contribution in [0.25, 0.3) is 0 Å². The molecule has 0 spiro atoms. The summed E-state index contributed by atoms with van der Waals surface area (Å²) in [7, 11) is 0. The average molecular weight is 208 g/mol. The van der Waals surface area contributed by atoms with E-state index in [1.165, 1.54) is 0 Å². The van der Waals surface area contributed by atoms with Gasteiger partial charge in [-0.05, 0) is 11.3 Å². The number of rotatable bonds is 4. The molecule has 0 aromatic carbocycles. The summed E-state index contributed by atoms with van der Waals surface area (Å²) in [5.74, 6) is 1.73. The second-order valence-corrected chi connectivity index (χ2v) is 4.79. The molecule has 0 saturated carbocycles. The van der Waals surface area contributed by atoms with Gasteiger partial charge in [0, 0.05) is 18.9 Å². The lowest BCUT2D eigenvalue weighted by Crippen LogP contribution is -2.29. The summed E-state index contributed by atoms with van der Waals surface area (Å²) in [6.07, 6.45) is 3.23. The molecule has 0 aliphatic heterocycles. The van der Waals surface area contributed by atoms with Crippen LogP contribution in [0, 0.1) is 11.3 Å². The van der Waals surface area contributed by atoms with E-state index in [1.54, 1.807) is 12.4 Å². The van der Waals surface area contributed by atoms with Crippen molar-refractivity contribution >= 4 is 11.6 Å². The van der Waals surface area contributed by atoms with Crippen molar-refractivity contribution in [1.82, 2.24) is 9.97 Å². The Morgan fingerprint density at radius 3 is 2.47 bits per heavy atom. The number of aromatic nitrogens is 2. The van der Waals surface area contributed by atoms with Crippen LogP contribution in [0.5, 0.6) is 0 Å². The van der Waals surface area contributed by atoms with Gasteiger partial charge in [0.05, 0.1) is 0 Å². The van der Waals surface area contributed by atoms with Gasteiger partial charge in [-0.3, -0.25) is 0 Å². The van der Waals surface area contributed by atoms with Gasteiger partial charge < -0.3 is 11.1 Å². The summed E-state index contributed by atoms with van der Waals surface area (Å²) in [5.41, 5.74) is 5.90. The van der Waals surface area contributed by atoms with Gasteiger partial charge in [0.2, 0.25) is 0 Å². The van der Waals surface area contributed by atoms with Crippen LogP contribution in [0.3, 0.4) is 0 Å². The van der Waals surface area contributed by atoms with Gasteiger partial charge in [-0.15, -0.1) is 0 Å². The monoisotopic (exact) mass is 208 g/mol. The number of nitrogen functional groups attached to an aromatic ring is 1. The first-order valence-electron chi connectivity index (χ1n) is 5.24. The molecule has 1 aromatic rings. The molecule has 4 heteroatoms. The fraction of sp³-hybridized carbons (Fsp3) is 0.636. The van der Waals surface area contributed by atoms with Crippen molar-refractivity contribution in [1.29, 1.82) is 0 Å². The van der Waals surface area contributed by atoms with Crippen LogP contribution in [0.2, 0.25) is 0 Å². The van der Waals surface area contributed by atoms with Gasteiger partial charge in [0.1, 0.15) is 0 Å². The van der Waals surface area contributed by atoms with E-state index in [2.05, 4.69) is 43.0 Å². The van der Waals surface area contributed by atoms with Crippen molar-refractivity contribution < 1.29 is 0 Å². The van der Waals surface area contributed by atoms with Crippen LogP contribution < -0.4 is 11.1 Å². The summed E-state index contributed by atoms with van der Waals surface area (Å²) in [6, 6.07) is 0. The molecule has 84 valence electrons. The Balaban J connectivity index is 2.62. The highest BCUT2D eigenvalue weighted by atomic mass is 15.1. The first kappa shape index (κ1) is 11.8. The third-order valence-electron chi connectivity index (χ3n) is 3.00. The molecule has 0 saturated heterocycles. The van der Waals surface area contributed by atoms with Crippen LogP contribution in [-0.2, 0) is 0 Å². The average Bonchev–Trinajstić information content (AvgIpc) is 2.16. The standard InChI is InChI=1S/C11H20N4/c1-8(2)11(3,4)7-15-10-9(12)13-5-6-14-10/h5-6,8H,7H2,1-4H3,(H2,12,13)(H,14,15). The number of anilines is 2. The zero-order valence-corrected chi connectivity index (χ0v) is 9.91. The second kappa shape index (κ2) is 4.47. The van der Waals surface area contributed by atoms with Crippen molar-refractivity contribution in [3.05, 3.63) is 12.4 Å². The van der Waals surface area contributed by atoms with E-state index >= 15 is 0 Å². The second-order valence-electron chi connectivity index (χ2n) is 4.79. The van der Waals surface area contributed by atoms with E-state index in [0.29, 0.717) is 17.6 Å². The maximum absolute atomic E-state index is 5.69. The SMILES string of the molecule is CC(C)C(C)(C)CNc1nccnc1N. The lowest BCUT2D eigenvalue weighted by Gasteiger charge is -2.29. The third kappa shape index (κ3) is 3.08. The predicted molar refractivity (Wildman–Crippen MR) is 63.6 cm³/mol. The van der Waals surface area contributed by atoms with E-state index in [4.69, 9.17) is 5.73 Å². The molecular weight excluding hydrogens is 188 g/mol. The number of nitrogens with one attached hydrogen (secondary N) is 1. The lowest BCUT2D eigenvalue weighted by atomic mass is 9.81. The van der Waals surface area contributed by atoms with Gasteiger partial charge in [0.15, 0.2) is 11.6 Å². The first-order valence-corrected chi connectivity index (χ1v) is 5.24. The maximum atomic E-state index is 5.69. The van der Waals surface area contributed by atoms with Gasteiger partial charge in [-0.1, -0.05) is 27.7 Å². The molecule has 15 heavy (non-hydrogen) atoms. The highest BCUT2D eigenvalue weighted by Gasteiger charge is 2.22. The van der Waals surface area contributed by atoms with Crippen molar-refractivity contribution in [3.8, 4) is 0 Å². The molecule has 0 bridgehead atoms. The van der Waals surface area contributed by atoms with E-state index in [-0.39, 0.29) is 5.41 Å². The van der Waals surface area contributed by atoms with E-state index in [9.17, 15) is 0 Å². The summed E-state index contributed by atoms with van der Waals surface area (Å²) >= 11 is 0. The minimum atomic E-state index is 0.212. The van der Waals surface area contributed by atoms with E-state index in [1.807, 2.05) is 0 Å². The number of hydrogen-bond donors (Lipinski definition) is 2. The molecule has 1 aromatic heterocycles. The molecule has 0 amide bonds. The molecule has 4 nitrogen and oxygen atoms in total. The molecule has 0 unspecified atom stereocenters. The Morgan fingerprint density at radius 1 is 1.33 bits per heavy atom. The normalized spacial score (nSPS) is 11.8. The summed E-state index contributed by atoms with van der Waals surface area (Å²) in [6.45, 7) is 9.70. The Morgan fingerprint density at radius 2 is 1.93 bits per heavy atom. The van der Waals surface area contributed by atoms with Gasteiger partial charge in [-0.25, -0.2) is 9.97 Å². The van der Waals surface area contributed by atoms with E-state index < -0.39 is 0 Å². The lowest BCUT2D eigenvalue weighted by molar-refractivity contribution is 0.269. The predicted octanol–water partition coefficient (Wildman–Crippen LogP) is 2.15.